The fraction of sp³-hybridized carbons (Fsp3) is 0.667. The Kier molecular flexibility index (Phi) is 4.62. The molecule has 0 amide bonds. The molecule has 1 N–H and O–H groups in total. The molecule has 0 bridgehead atoms. The lowest BCUT2D eigenvalue weighted by Crippen LogP contribution is -2.25. The van der Waals surface area contributed by atoms with E-state index in [2.05, 4.69) is 30.6 Å². The van der Waals surface area contributed by atoms with E-state index in [-0.39, 0.29) is 0 Å². The summed E-state index contributed by atoms with van der Waals surface area (Å²) in [4.78, 5) is 0. The molecule has 1 aliphatic heterocycles. The molecule has 2 nitrogen and oxygen atoms in total. The second kappa shape index (κ2) is 6.62. The molecule has 0 radical (unpaired) electrons. The van der Waals surface area contributed by atoms with Gasteiger partial charge in [0.25, 0.3) is 0 Å². The van der Waals surface area contributed by atoms with Gasteiger partial charge in [0.2, 0.25) is 0 Å². The van der Waals surface area contributed by atoms with E-state index in [1.807, 2.05) is 0 Å². The van der Waals surface area contributed by atoms with Crippen LogP contribution in [0.25, 0.3) is 0 Å². The zero-order valence-corrected chi connectivity index (χ0v) is 12.7. The van der Waals surface area contributed by atoms with Gasteiger partial charge in [-0.3, -0.25) is 0 Å². The Bertz CT molecular complexity index is 443. The smallest absolute Gasteiger partial charge is 0.125 e. The van der Waals surface area contributed by atoms with Crippen molar-refractivity contribution < 1.29 is 4.74 Å². The second-order valence-electron chi connectivity index (χ2n) is 6.35. The lowest BCUT2D eigenvalue weighted by molar-refractivity contribution is 0.277. The number of fused-ring (bicyclic) bond motifs is 1. The maximum atomic E-state index is 6.05. The number of benzene rings is 1. The van der Waals surface area contributed by atoms with Gasteiger partial charge >= 0.3 is 0 Å². The fourth-order valence-electron chi connectivity index (χ4n) is 4.01. The van der Waals surface area contributed by atoms with Crippen molar-refractivity contribution >= 4 is 0 Å². The Labute approximate surface area is 122 Å². The monoisotopic (exact) mass is 273 g/mol. The maximum absolute atomic E-state index is 6.05. The van der Waals surface area contributed by atoms with Crippen LogP contribution in [0.5, 0.6) is 5.75 Å². The topological polar surface area (TPSA) is 21.3 Å². The predicted octanol–water partition coefficient (Wildman–Crippen LogP) is 3.89. The highest BCUT2D eigenvalue weighted by molar-refractivity contribution is 5.45. The van der Waals surface area contributed by atoms with Crippen molar-refractivity contribution in [1.82, 2.24) is 5.32 Å². The standard InChI is InChI=1S/C18H27NO/c1-19-13-15-7-3-2-4-10-16(15)17-11-5-8-14-9-6-12-20-18(14)17/h5,8,11,15-16,19H,2-4,6-7,9-10,12-13H2,1H3. The zero-order valence-electron chi connectivity index (χ0n) is 12.7. The van der Waals surface area contributed by atoms with Crippen LogP contribution in [0.15, 0.2) is 18.2 Å². The molecule has 2 atom stereocenters. The quantitative estimate of drug-likeness (QED) is 0.843. The highest BCUT2D eigenvalue weighted by atomic mass is 16.5. The van der Waals surface area contributed by atoms with Crippen LogP contribution >= 0.6 is 0 Å². The molecule has 1 heterocycles. The van der Waals surface area contributed by atoms with Crippen molar-refractivity contribution in [2.45, 2.75) is 50.9 Å². The van der Waals surface area contributed by atoms with Crippen LogP contribution in [0.1, 0.15) is 55.6 Å². The highest BCUT2D eigenvalue weighted by Gasteiger charge is 2.28. The number of para-hydroxylation sites is 1. The van der Waals surface area contributed by atoms with Crippen LogP contribution in [0.2, 0.25) is 0 Å². The molecular weight excluding hydrogens is 246 g/mol. The number of nitrogens with one attached hydrogen (secondary N) is 1. The molecule has 1 aliphatic carbocycles. The minimum Gasteiger partial charge on any atom is -0.493 e. The summed E-state index contributed by atoms with van der Waals surface area (Å²) in [6.45, 7) is 2.03. The van der Waals surface area contributed by atoms with E-state index < -0.39 is 0 Å². The third kappa shape index (κ3) is 2.85. The molecule has 1 aromatic rings. The van der Waals surface area contributed by atoms with Crippen LogP contribution in [0.4, 0.5) is 0 Å². The molecule has 2 unspecified atom stereocenters. The van der Waals surface area contributed by atoms with Gasteiger partial charge in [-0.15, -0.1) is 0 Å². The molecule has 20 heavy (non-hydrogen) atoms. The van der Waals surface area contributed by atoms with Gasteiger partial charge in [-0.1, -0.05) is 37.5 Å². The number of hydrogen-bond donors (Lipinski definition) is 1. The van der Waals surface area contributed by atoms with Gasteiger partial charge in [0.1, 0.15) is 5.75 Å². The normalized spacial score (nSPS) is 26.4. The molecule has 3 rings (SSSR count). The Balaban J connectivity index is 1.92. The summed E-state index contributed by atoms with van der Waals surface area (Å²) in [5, 5.41) is 3.40. The molecule has 1 aromatic carbocycles. The predicted molar refractivity (Wildman–Crippen MR) is 83.5 cm³/mol. The average molecular weight is 273 g/mol. The third-order valence-electron chi connectivity index (χ3n) is 4.99. The first-order valence-electron chi connectivity index (χ1n) is 8.29. The van der Waals surface area contributed by atoms with Crippen LogP contribution in [0, 0.1) is 5.92 Å². The summed E-state index contributed by atoms with van der Waals surface area (Å²) in [5.74, 6) is 2.67. The van der Waals surface area contributed by atoms with Crippen LogP contribution in [0.3, 0.4) is 0 Å². The molecular formula is C18H27NO. The molecule has 0 saturated heterocycles. The van der Waals surface area contributed by atoms with Crippen LogP contribution in [-0.4, -0.2) is 20.2 Å². The largest absolute Gasteiger partial charge is 0.493 e. The number of aryl methyl sites for hydroxylation is 1. The SMILES string of the molecule is CNCC1CCCCCC1c1cccc2c1OCCC2. The number of rotatable bonds is 3. The van der Waals surface area contributed by atoms with Crippen molar-refractivity contribution in [2.24, 2.45) is 5.92 Å². The molecule has 110 valence electrons. The minimum atomic E-state index is 0.679. The van der Waals surface area contributed by atoms with E-state index >= 15 is 0 Å². The molecule has 1 saturated carbocycles. The molecule has 0 spiro atoms. The molecule has 2 aliphatic rings. The summed E-state index contributed by atoms with van der Waals surface area (Å²) in [5.41, 5.74) is 2.92. The zero-order chi connectivity index (χ0) is 13.8. The van der Waals surface area contributed by atoms with Gasteiger partial charge in [0, 0.05) is 0 Å². The molecule has 1 fully saturated rings. The first kappa shape index (κ1) is 13.9. The summed E-state index contributed by atoms with van der Waals surface area (Å²) in [6, 6.07) is 6.81. The number of hydrogen-bond acceptors (Lipinski definition) is 2. The van der Waals surface area contributed by atoms with Crippen molar-refractivity contribution in [3.05, 3.63) is 29.3 Å². The second-order valence-corrected chi connectivity index (χ2v) is 6.35. The Morgan fingerprint density at radius 3 is 2.95 bits per heavy atom. The van der Waals surface area contributed by atoms with Gasteiger partial charge < -0.3 is 10.1 Å². The third-order valence-corrected chi connectivity index (χ3v) is 4.99. The lowest BCUT2D eigenvalue weighted by Gasteiger charge is -2.29. The van der Waals surface area contributed by atoms with E-state index in [0.29, 0.717) is 5.92 Å². The van der Waals surface area contributed by atoms with Crippen molar-refractivity contribution in [3.63, 3.8) is 0 Å². The van der Waals surface area contributed by atoms with Crippen molar-refractivity contribution in [1.29, 1.82) is 0 Å². The summed E-state index contributed by atoms with van der Waals surface area (Å²) in [6.07, 6.45) is 9.19. The van der Waals surface area contributed by atoms with E-state index in [4.69, 9.17) is 4.74 Å². The van der Waals surface area contributed by atoms with E-state index in [1.54, 1.807) is 0 Å². The minimum absolute atomic E-state index is 0.679. The van der Waals surface area contributed by atoms with Gasteiger partial charge in [0.05, 0.1) is 6.61 Å². The summed E-state index contributed by atoms with van der Waals surface area (Å²) >= 11 is 0. The van der Waals surface area contributed by atoms with Gasteiger partial charge in [-0.25, -0.2) is 0 Å². The first-order valence-corrected chi connectivity index (χ1v) is 8.29. The Hall–Kier alpha value is -1.02. The van der Waals surface area contributed by atoms with Crippen molar-refractivity contribution in [2.75, 3.05) is 20.2 Å². The van der Waals surface area contributed by atoms with E-state index in [9.17, 15) is 0 Å². The Morgan fingerprint density at radius 2 is 2.05 bits per heavy atom. The Morgan fingerprint density at radius 1 is 1.15 bits per heavy atom. The van der Waals surface area contributed by atoms with Crippen LogP contribution < -0.4 is 10.1 Å². The van der Waals surface area contributed by atoms with Gasteiger partial charge in [-0.05, 0) is 62.2 Å². The number of ether oxygens (including phenoxy) is 1. The van der Waals surface area contributed by atoms with E-state index in [1.165, 1.54) is 61.8 Å². The lowest BCUT2D eigenvalue weighted by atomic mass is 9.80. The summed E-state index contributed by atoms with van der Waals surface area (Å²) < 4.78 is 6.05. The van der Waals surface area contributed by atoms with Gasteiger partial charge in [0.15, 0.2) is 0 Å². The molecule has 2 heteroatoms. The average Bonchev–Trinajstić information content (AvgIpc) is 2.73. The van der Waals surface area contributed by atoms with Gasteiger partial charge in [-0.2, -0.15) is 0 Å². The fourth-order valence-corrected chi connectivity index (χ4v) is 4.01. The molecule has 0 aromatic heterocycles. The summed E-state index contributed by atoms with van der Waals surface area (Å²) in [7, 11) is 2.08. The maximum Gasteiger partial charge on any atom is 0.125 e. The van der Waals surface area contributed by atoms with E-state index in [0.717, 1.165) is 19.1 Å². The highest BCUT2D eigenvalue weighted by Crippen LogP contribution is 2.42. The first-order chi connectivity index (χ1) is 9.90. The van der Waals surface area contributed by atoms with Crippen molar-refractivity contribution in [3.8, 4) is 5.75 Å². The van der Waals surface area contributed by atoms with Crippen LogP contribution in [-0.2, 0) is 6.42 Å².